The first-order valence-corrected chi connectivity index (χ1v) is 10.4. The molecule has 1 aliphatic rings. The van der Waals surface area contributed by atoms with Crippen LogP contribution in [0.5, 0.6) is 5.75 Å². The van der Waals surface area contributed by atoms with Crippen molar-refractivity contribution in [1.82, 2.24) is 4.90 Å². The van der Waals surface area contributed by atoms with Gasteiger partial charge in [-0.2, -0.15) is 0 Å². The van der Waals surface area contributed by atoms with Gasteiger partial charge in [-0.05, 0) is 37.1 Å². The van der Waals surface area contributed by atoms with Crippen molar-refractivity contribution in [1.29, 1.82) is 0 Å². The number of hydrogen-bond acceptors (Lipinski definition) is 7. The Bertz CT molecular complexity index is 847. The Hall–Kier alpha value is -2.26. The Morgan fingerprint density at radius 2 is 1.79 bits per heavy atom. The van der Waals surface area contributed by atoms with Crippen LogP contribution in [0, 0.1) is 0 Å². The normalized spacial score (nSPS) is 17.8. The highest BCUT2D eigenvalue weighted by molar-refractivity contribution is 9.10. The van der Waals surface area contributed by atoms with Crippen LogP contribution >= 0.6 is 27.7 Å². The van der Waals surface area contributed by atoms with Gasteiger partial charge in [0.1, 0.15) is 28.3 Å². The number of amides is 1. The van der Waals surface area contributed by atoms with Crippen LogP contribution in [0.3, 0.4) is 0 Å². The summed E-state index contributed by atoms with van der Waals surface area (Å²) in [5.41, 5.74) is 1.55. The number of alkyl halides is 1. The first-order valence-electron chi connectivity index (χ1n) is 8.59. The van der Waals surface area contributed by atoms with Gasteiger partial charge in [0.05, 0.1) is 19.1 Å². The molecule has 156 valence electrons. The number of halogens is 1. The van der Waals surface area contributed by atoms with Gasteiger partial charge < -0.3 is 14.2 Å². The van der Waals surface area contributed by atoms with E-state index in [2.05, 4.69) is 27.2 Å². The molecule has 1 heterocycles. The average Bonchev–Trinajstić information content (AvgIpc) is 2.73. The molecule has 29 heavy (non-hydrogen) atoms. The van der Waals surface area contributed by atoms with Crippen molar-refractivity contribution in [2.75, 3.05) is 14.2 Å². The van der Waals surface area contributed by atoms with Crippen LogP contribution in [0.25, 0.3) is 0 Å². The summed E-state index contributed by atoms with van der Waals surface area (Å²) < 4.78 is 15.2. The van der Waals surface area contributed by atoms with Gasteiger partial charge in [0, 0.05) is 0 Å². The highest BCUT2D eigenvalue weighted by Gasteiger charge is 2.50. The minimum absolute atomic E-state index is 0.0477. The van der Waals surface area contributed by atoms with Crippen molar-refractivity contribution in [3.8, 4) is 5.75 Å². The highest BCUT2D eigenvalue weighted by atomic mass is 79.9. The Balaban J connectivity index is 2.13. The standard InChI is InChI=1S/C20H22BrNO6S/c1-11(2)16(20(25)28-10-13-6-8-14(26-4)9-7-13)22-17(23)15(21)18(22)29-12(3)19(24)27-5/h6-9,15,18H,3,10H2,1-2,4-5H3. The van der Waals surface area contributed by atoms with E-state index in [9.17, 15) is 14.4 Å². The number of carbonyl (C=O) groups is 3. The zero-order valence-corrected chi connectivity index (χ0v) is 19.0. The van der Waals surface area contributed by atoms with Gasteiger partial charge in [-0.3, -0.25) is 9.69 Å². The topological polar surface area (TPSA) is 82.1 Å². The van der Waals surface area contributed by atoms with Crippen molar-refractivity contribution in [3.63, 3.8) is 0 Å². The summed E-state index contributed by atoms with van der Waals surface area (Å²) in [5, 5.41) is -0.521. The molecule has 1 fully saturated rings. The summed E-state index contributed by atoms with van der Waals surface area (Å²) in [4.78, 5) is 37.8. The second kappa shape index (κ2) is 9.98. The molecule has 0 spiro atoms. The van der Waals surface area contributed by atoms with Crippen molar-refractivity contribution in [3.05, 3.63) is 52.6 Å². The maximum atomic E-state index is 12.8. The van der Waals surface area contributed by atoms with Crippen LogP contribution in [0.1, 0.15) is 19.4 Å². The lowest BCUT2D eigenvalue weighted by Gasteiger charge is -2.44. The van der Waals surface area contributed by atoms with Crippen LogP contribution in [0.4, 0.5) is 0 Å². The number of rotatable bonds is 8. The van der Waals surface area contributed by atoms with Gasteiger partial charge in [-0.15, -0.1) is 0 Å². The molecule has 1 aliphatic heterocycles. The third-order valence-corrected chi connectivity index (χ3v) is 6.51. The van der Waals surface area contributed by atoms with Gasteiger partial charge in [-0.1, -0.05) is 46.4 Å². The number of β-lactam (4-membered cyclic amide) rings is 1. The Kier molecular flexibility index (Phi) is 7.92. The lowest BCUT2D eigenvalue weighted by atomic mass is 10.1. The fraction of sp³-hybridized carbons (Fsp3) is 0.350. The van der Waals surface area contributed by atoms with Crippen molar-refractivity contribution in [2.24, 2.45) is 0 Å². The summed E-state index contributed by atoms with van der Waals surface area (Å²) in [6.45, 7) is 7.15. The number of hydrogen-bond donors (Lipinski definition) is 0. The number of esters is 2. The van der Waals surface area contributed by atoms with E-state index in [4.69, 9.17) is 9.47 Å². The van der Waals surface area contributed by atoms with E-state index in [-0.39, 0.29) is 23.1 Å². The lowest BCUT2D eigenvalue weighted by Crippen LogP contribution is -2.61. The molecule has 1 aromatic carbocycles. The fourth-order valence-electron chi connectivity index (χ4n) is 2.57. The van der Waals surface area contributed by atoms with Gasteiger partial charge >= 0.3 is 11.9 Å². The van der Waals surface area contributed by atoms with Crippen molar-refractivity contribution in [2.45, 2.75) is 30.7 Å². The van der Waals surface area contributed by atoms with Crippen molar-refractivity contribution < 1.29 is 28.6 Å². The van der Waals surface area contributed by atoms with Gasteiger partial charge in [0.15, 0.2) is 0 Å². The molecule has 1 amide bonds. The number of allylic oxidation sites excluding steroid dienone is 1. The maximum absolute atomic E-state index is 12.8. The minimum Gasteiger partial charge on any atom is -0.497 e. The van der Waals surface area contributed by atoms with Crippen LogP contribution < -0.4 is 4.74 Å². The summed E-state index contributed by atoms with van der Waals surface area (Å²) in [7, 11) is 2.82. The van der Waals surface area contributed by atoms with E-state index in [1.54, 1.807) is 45.2 Å². The number of ether oxygens (including phenoxy) is 3. The smallest absolute Gasteiger partial charge is 0.355 e. The molecular formula is C20H22BrNO6S. The van der Waals surface area contributed by atoms with E-state index >= 15 is 0 Å². The zero-order chi connectivity index (χ0) is 21.7. The third kappa shape index (κ3) is 5.22. The van der Waals surface area contributed by atoms with Crippen LogP contribution in [-0.4, -0.2) is 47.2 Å². The molecule has 2 atom stereocenters. The van der Waals surface area contributed by atoms with Gasteiger partial charge in [0.25, 0.3) is 0 Å². The Morgan fingerprint density at radius 3 is 2.31 bits per heavy atom. The number of benzene rings is 1. The fourth-order valence-corrected chi connectivity index (χ4v) is 4.37. The van der Waals surface area contributed by atoms with Gasteiger partial charge in [-0.25, -0.2) is 9.59 Å². The maximum Gasteiger partial charge on any atom is 0.355 e. The summed E-state index contributed by atoms with van der Waals surface area (Å²) in [6, 6.07) is 7.11. The SMILES string of the molecule is C=C(SC1C(Br)C(=O)N1C(C(=O)OCc1ccc(OC)cc1)=C(C)C)C(=O)OC. The average molecular weight is 484 g/mol. The molecule has 7 nitrogen and oxygen atoms in total. The predicted molar refractivity (Wildman–Crippen MR) is 113 cm³/mol. The molecule has 2 rings (SSSR count). The van der Waals surface area contributed by atoms with Gasteiger partial charge in [0.2, 0.25) is 5.91 Å². The number of nitrogens with zero attached hydrogens (tertiary/aromatic N) is 1. The molecular weight excluding hydrogens is 462 g/mol. The molecule has 0 radical (unpaired) electrons. The number of likely N-dealkylation sites (tertiary alicyclic amines) is 1. The minimum atomic E-state index is -0.622. The summed E-state index contributed by atoms with van der Waals surface area (Å²) in [5.74, 6) is -0.805. The first kappa shape index (κ1) is 23.0. The number of methoxy groups -OCH3 is 2. The molecule has 0 N–H and O–H groups in total. The molecule has 2 unspecified atom stereocenters. The Labute approximate surface area is 182 Å². The van der Waals surface area contributed by atoms with E-state index in [1.807, 2.05) is 0 Å². The van der Waals surface area contributed by atoms with E-state index < -0.39 is 22.1 Å². The predicted octanol–water partition coefficient (Wildman–Crippen LogP) is 3.38. The molecule has 0 bridgehead atoms. The van der Waals surface area contributed by atoms with Crippen molar-refractivity contribution >= 4 is 45.5 Å². The van der Waals surface area contributed by atoms with E-state index in [0.29, 0.717) is 11.3 Å². The van der Waals surface area contributed by atoms with Crippen LogP contribution in [0.2, 0.25) is 0 Å². The second-order valence-corrected chi connectivity index (χ2v) is 8.50. The zero-order valence-electron chi connectivity index (χ0n) is 16.6. The summed E-state index contributed by atoms with van der Waals surface area (Å²) in [6.07, 6.45) is 0. The lowest BCUT2D eigenvalue weighted by molar-refractivity contribution is -0.149. The largest absolute Gasteiger partial charge is 0.497 e. The number of carbonyl (C=O) groups excluding carboxylic acids is 3. The third-order valence-electron chi connectivity index (χ3n) is 4.09. The molecule has 0 saturated carbocycles. The molecule has 0 aliphatic carbocycles. The summed E-state index contributed by atoms with van der Waals surface area (Å²) >= 11 is 4.35. The monoisotopic (exact) mass is 483 g/mol. The Morgan fingerprint density at radius 1 is 1.17 bits per heavy atom. The van der Waals surface area contributed by atoms with E-state index in [0.717, 1.165) is 17.3 Å². The number of thioether (sulfide) groups is 1. The molecule has 9 heteroatoms. The van der Waals surface area contributed by atoms with Crippen LogP contribution in [0.15, 0.2) is 47.0 Å². The molecule has 1 aromatic rings. The first-order chi connectivity index (χ1) is 13.7. The second-order valence-electron chi connectivity index (χ2n) is 6.31. The van der Waals surface area contributed by atoms with E-state index in [1.165, 1.54) is 12.0 Å². The quantitative estimate of drug-likeness (QED) is 0.242. The molecule has 1 saturated heterocycles. The molecule has 0 aromatic heterocycles. The highest BCUT2D eigenvalue weighted by Crippen LogP contribution is 2.41. The van der Waals surface area contributed by atoms with Crippen LogP contribution in [-0.2, 0) is 30.5 Å².